The molecule has 3 aliphatic heterocycles. The van der Waals surface area contributed by atoms with Crippen molar-refractivity contribution in [1.29, 1.82) is 0 Å². The summed E-state index contributed by atoms with van der Waals surface area (Å²) in [7, 11) is -3.46. The summed E-state index contributed by atoms with van der Waals surface area (Å²) >= 11 is 0. The zero-order valence-corrected chi connectivity index (χ0v) is 20.5. The molecule has 0 radical (unpaired) electrons. The number of aromatic nitrogens is 1. The molecular formula is C25H34N4O3S. The summed E-state index contributed by atoms with van der Waals surface area (Å²) in [6, 6.07) is 5.59. The molecule has 1 aromatic heterocycles. The molecule has 178 valence electrons. The topological polar surface area (TPSA) is 75.0 Å². The van der Waals surface area contributed by atoms with Gasteiger partial charge in [0.2, 0.25) is 10.0 Å². The minimum Gasteiger partial charge on any atom is -0.356 e. The van der Waals surface area contributed by atoms with Crippen molar-refractivity contribution in [3.63, 3.8) is 0 Å². The molecule has 33 heavy (non-hydrogen) atoms. The number of fused-ring (bicyclic) bond motifs is 3. The fourth-order valence-corrected chi connectivity index (χ4v) is 7.21. The number of rotatable bonds is 4. The maximum Gasteiger partial charge on any atom is 0.253 e. The van der Waals surface area contributed by atoms with Crippen LogP contribution in [0.5, 0.6) is 0 Å². The number of carbonyl (C=O) groups is 1. The van der Waals surface area contributed by atoms with Gasteiger partial charge in [-0.25, -0.2) is 12.4 Å². The third-order valence-electron chi connectivity index (χ3n) is 7.38. The average molecular weight is 471 g/mol. The lowest BCUT2D eigenvalue weighted by Gasteiger charge is -2.30. The van der Waals surface area contributed by atoms with Gasteiger partial charge in [0, 0.05) is 67.8 Å². The molecular weight excluding hydrogens is 436 g/mol. The molecule has 0 unspecified atom stereocenters. The molecule has 0 aliphatic carbocycles. The van der Waals surface area contributed by atoms with Crippen LogP contribution in [-0.4, -0.2) is 65.9 Å². The van der Waals surface area contributed by atoms with Crippen LogP contribution in [0.4, 0.5) is 0 Å². The van der Waals surface area contributed by atoms with Gasteiger partial charge in [-0.2, -0.15) is 0 Å². The van der Waals surface area contributed by atoms with Crippen LogP contribution in [0, 0.1) is 5.92 Å². The largest absolute Gasteiger partial charge is 0.356 e. The van der Waals surface area contributed by atoms with Gasteiger partial charge in [-0.1, -0.05) is 13.8 Å². The van der Waals surface area contributed by atoms with E-state index in [1.54, 1.807) is 3.97 Å². The monoisotopic (exact) mass is 470 g/mol. The summed E-state index contributed by atoms with van der Waals surface area (Å²) < 4.78 is 28.1. The minimum absolute atomic E-state index is 0.0505. The number of piperidine rings is 1. The van der Waals surface area contributed by atoms with Crippen molar-refractivity contribution in [3.8, 4) is 0 Å². The average Bonchev–Trinajstić information content (AvgIpc) is 3.45. The smallest absolute Gasteiger partial charge is 0.253 e. The number of amides is 1. The first-order chi connectivity index (χ1) is 15.9. The van der Waals surface area contributed by atoms with Crippen molar-refractivity contribution in [2.75, 3.05) is 31.9 Å². The summed E-state index contributed by atoms with van der Waals surface area (Å²) in [6.07, 6.45) is 5.37. The van der Waals surface area contributed by atoms with E-state index in [0.717, 1.165) is 74.3 Å². The van der Waals surface area contributed by atoms with Crippen molar-refractivity contribution >= 4 is 32.7 Å². The van der Waals surface area contributed by atoms with E-state index in [9.17, 15) is 13.2 Å². The van der Waals surface area contributed by atoms with E-state index in [0.29, 0.717) is 36.4 Å². The fourth-order valence-electron chi connectivity index (χ4n) is 5.51. The number of likely N-dealkylation sites (tertiary alicyclic amines) is 1. The quantitative estimate of drug-likeness (QED) is 0.684. The summed E-state index contributed by atoms with van der Waals surface area (Å²) in [5.74, 6) is 1.96. The van der Waals surface area contributed by atoms with Crippen LogP contribution in [0.25, 0.3) is 10.9 Å². The summed E-state index contributed by atoms with van der Waals surface area (Å²) in [5, 5.41) is 0.893. The molecule has 0 bridgehead atoms. The molecule has 0 atom stereocenters. The van der Waals surface area contributed by atoms with Gasteiger partial charge in [0.25, 0.3) is 5.91 Å². The molecule has 1 aromatic carbocycles. The first-order valence-corrected chi connectivity index (χ1v) is 14.0. The van der Waals surface area contributed by atoms with E-state index in [-0.39, 0.29) is 11.7 Å². The lowest BCUT2D eigenvalue weighted by atomic mass is 9.98. The molecule has 2 aromatic rings. The Morgan fingerprint density at radius 1 is 1.15 bits per heavy atom. The third kappa shape index (κ3) is 4.07. The van der Waals surface area contributed by atoms with Gasteiger partial charge in [-0.15, -0.1) is 0 Å². The van der Waals surface area contributed by atoms with E-state index in [1.807, 2.05) is 30.0 Å². The molecule has 0 spiro atoms. The molecule has 4 heterocycles. The second-order valence-corrected chi connectivity index (χ2v) is 11.7. The number of amidine groups is 1. The molecule has 1 amide bonds. The number of hydrogen-bond acceptors (Lipinski definition) is 5. The highest BCUT2D eigenvalue weighted by Gasteiger charge is 2.31. The first-order valence-electron chi connectivity index (χ1n) is 12.4. The maximum atomic E-state index is 13.3. The Bertz CT molecular complexity index is 1210. The van der Waals surface area contributed by atoms with E-state index >= 15 is 0 Å². The highest BCUT2D eigenvalue weighted by atomic mass is 32.2. The van der Waals surface area contributed by atoms with E-state index in [4.69, 9.17) is 0 Å². The predicted molar refractivity (Wildman–Crippen MR) is 131 cm³/mol. The number of aliphatic imine (C=N–C) groups is 1. The lowest BCUT2D eigenvalue weighted by molar-refractivity contribution is 0.0697. The van der Waals surface area contributed by atoms with E-state index < -0.39 is 10.0 Å². The summed E-state index contributed by atoms with van der Waals surface area (Å²) in [6.45, 7) is 8.01. The van der Waals surface area contributed by atoms with Crippen molar-refractivity contribution in [1.82, 2.24) is 13.8 Å². The van der Waals surface area contributed by atoms with Crippen molar-refractivity contribution in [2.45, 2.75) is 58.9 Å². The van der Waals surface area contributed by atoms with Crippen LogP contribution < -0.4 is 0 Å². The van der Waals surface area contributed by atoms with Gasteiger partial charge in [0.1, 0.15) is 0 Å². The lowest BCUT2D eigenvalue weighted by Crippen LogP contribution is -2.37. The SMILES string of the molecule is CCCS(=O)(=O)n1c2c(c3cc(C(=O)N4CCC(C)CC4)ccc31)CN(C1=NCCC1)CC2. The van der Waals surface area contributed by atoms with Gasteiger partial charge in [0.05, 0.1) is 17.1 Å². The molecule has 7 nitrogen and oxygen atoms in total. The fraction of sp³-hybridized carbons (Fsp3) is 0.600. The van der Waals surface area contributed by atoms with Crippen LogP contribution in [0.3, 0.4) is 0 Å². The Labute approximate surface area is 196 Å². The van der Waals surface area contributed by atoms with Crippen molar-refractivity contribution < 1.29 is 13.2 Å². The highest BCUT2D eigenvalue weighted by molar-refractivity contribution is 7.90. The zero-order valence-electron chi connectivity index (χ0n) is 19.7. The number of nitrogens with zero attached hydrogens (tertiary/aromatic N) is 4. The summed E-state index contributed by atoms with van der Waals surface area (Å²) in [4.78, 5) is 22.2. The Kier molecular flexibility index (Phi) is 5.97. The molecule has 5 rings (SSSR count). The summed E-state index contributed by atoms with van der Waals surface area (Å²) in [5.41, 5.74) is 3.27. The van der Waals surface area contributed by atoms with E-state index in [2.05, 4.69) is 16.8 Å². The van der Waals surface area contributed by atoms with Gasteiger partial charge in [-0.05, 0) is 49.8 Å². The Hall–Kier alpha value is -2.35. The van der Waals surface area contributed by atoms with Crippen molar-refractivity contribution in [2.24, 2.45) is 10.9 Å². The van der Waals surface area contributed by atoms with Gasteiger partial charge in [-0.3, -0.25) is 9.79 Å². The van der Waals surface area contributed by atoms with Crippen LogP contribution >= 0.6 is 0 Å². The van der Waals surface area contributed by atoms with E-state index in [1.165, 1.54) is 0 Å². The second kappa shape index (κ2) is 8.78. The van der Waals surface area contributed by atoms with Crippen LogP contribution in [-0.2, 0) is 23.0 Å². The Morgan fingerprint density at radius 3 is 2.64 bits per heavy atom. The highest BCUT2D eigenvalue weighted by Crippen LogP contribution is 2.34. The second-order valence-electron chi connectivity index (χ2n) is 9.79. The Balaban J connectivity index is 1.58. The molecule has 8 heteroatoms. The standard InChI is InChI=1S/C25H34N4O3S/c1-3-15-33(31,32)29-22-7-6-19(25(30)27-12-8-18(2)9-13-27)16-20(22)21-17-28(14-10-23(21)29)24-5-4-11-26-24/h6-7,16,18H,3-5,8-15,17H2,1-2H3. The normalized spacial score (nSPS) is 19.8. The first kappa shape index (κ1) is 22.4. The number of hydrogen-bond donors (Lipinski definition) is 0. The zero-order chi connectivity index (χ0) is 23.2. The molecule has 1 fully saturated rings. The Morgan fingerprint density at radius 2 is 1.94 bits per heavy atom. The molecule has 3 aliphatic rings. The van der Waals surface area contributed by atoms with Gasteiger partial charge < -0.3 is 9.80 Å². The number of benzene rings is 1. The van der Waals surface area contributed by atoms with Crippen LogP contribution in [0.2, 0.25) is 0 Å². The predicted octanol–water partition coefficient (Wildman–Crippen LogP) is 3.65. The maximum absolute atomic E-state index is 13.3. The third-order valence-corrected chi connectivity index (χ3v) is 9.27. The van der Waals surface area contributed by atoms with Crippen LogP contribution in [0.15, 0.2) is 23.2 Å². The van der Waals surface area contributed by atoms with Gasteiger partial charge in [0.15, 0.2) is 0 Å². The molecule has 1 saturated heterocycles. The van der Waals surface area contributed by atoms with Crippen molar-refractivity contribution in [3.05, 3.63) is 35.0 Å². The number of carbonyl (C=O) groups excluding carboxylic acids is 1. The van der Waals surface area contributed by atoms with Gasteiger partial charge >= 0.3 is 0 Å². The van der Waals surface area contributed by atoms with Crippen LogP contribution in [0.1, 0.15) is 67.6 Å². The molecule has 0 saturated carbocycles. The minimum atomic E-state index is -3.46. The molecule has 0 N–H and O–H groups in total.